The molecule has 0 aliphatic carbocycles. The quantitative estimate of drug-likeness (QED) is 0.835. The summed E-state index contributed by atoms with van der Waals surface area (Å²) in [5, 5.41) is 2.88. The number of nitrogens with one attached hydrogen (secondary N) is 1. The predicted octanol–water partition coefficient (Wildman–Crippen LogP) is 3.21. The number of hydrogen-bond acceptors (Lipinski definition) is 2. The number of hydrogen-bond donors (Lipinski definition) is 1. The second-order valence-corrected chi connectivity index (χ2v) is 4.44. The fourth-order valence-corrected chi connectivity index (χ4v) is 1.93. The minimum atomic E-state index is -0.215. The predicted molar refractivity (Wildman–Crippen MR) is 71.5 cm³/mol. The Morgan fingerprint density at radius 3 is 2.67 bits per heavy atom. The topological polar surface area (TPSA) is 41.6 Å². The number of carbonyl (C=O) groups excluding carboxylic acids is 1. The molecule has 1 heterocycles. The second-order valence-electron chi connectivity index (χ2n) is 4.17. The van der Waals surface area contributed by atoms with Crippen LogP contribution in [0.3, 0.4) is 0 Å². The van der Waals surface area contributed by atoms with E-state index < -0.39 is 0 Å². The van der Waals surface area contributed by atoms with Gasteiger partial charge >= 0.3 is 6.03 Å². The number of allylic oxidation sites excluding steroid dienone is 1. The Morgan fingerprint density at radius 2 is 2.11 bits per heavy atom. The van der Waals surface area contributed by atoms with Crippen LogP contribution in [0.4, 0.5) is 10.5 Å². The average molecular weight is 267 g/mol. The summed E-state index contributed by atoms with van der Waals surface area (Å²) in [5.74, 6) is 0.876. The Bertz CT molecular complexity index is 480. The summed E-state index contributed by atoms with van der Waals surface area (Å²) in [7, 11) is 0. The third kappa shape index (κ3) is 2.59. The Hall–Kier alpha value is -1.68. The number of urea groups is 1. The maximum Gasteiger partial charge on any atom is 0.328 e. The molecule has 1 aromatic carbocycles. The molecular weight excluding hydrogens is 252 g/mol. The summed E-state index contributed by atoms with van der Waals surface area (Å²) < 4.78 is 5.23. The molecule has 96 valence electrons. The zero-order valence-electron chi connectivity index (χ0n) is 10.4. The summed E-state index contributed by atoms with van der Waals surface area (Å²) >= 11 is 5.64. The van der Waals surface area contributed by atoms with Gasteiger partial charge in [0.1, 0.15) is 5.76 Å². The third-order valence-corrected chi connectivity index (χ3v) is 3.06. The van der Waals surface area contributed by atoms with Gasteiger partial charge in [-0.2, -0.15) is 0 Å². The van der Waals surface area contributed by atoms with E-state index in [2.05, 4.69) is 5.32 Å². The number of nitrogens with zero attached hydrogens (tertiary/aromatic N) is 1. The Balaban J connectivity index is 2.11. The fourth-order valence-electron chi connectivity index (χ4n) is 1.78. The first kappa shape index (κ1) is 12.8. The summed E-state index contributed by atoms with van der Waals surface area (Å²) in [6.45, 7) is 4.13. The van der Waals surface area contributed by atoms with Gasteiger partial charge in [-0.3, -0.25) is 4.90 Å². The van der Waals surface area contributed by atoms with Gasteiger partial charge in [0.25, 0.3) is 0 Å². The highest BCUT2D eigenvalue weighted by Gasteiger charge is 2.20. The number of amides is 2. The molecule has 0 fully saturated rings. The van der Waals surface area contributed by atoms with Gasteiger partial charge in [-0.15, -0.1) is 11.6 Å². The van der Waals surface area contributed by atoms with Crippen molar-refractivity contribution in [1.29, 1.82) is 0 Å². The monoisotopic (exact) mass is 266 g/mol. The summed E-state index contributed by atoms with van der Waals surface area (Å²) in [4.78, 5) is 13.5. The van der Waals surface area contributed by atoms with Crippen LogP contribution in [0.2, 0.25) is 0 Å². The first-order chi connectivity index (χ1) is 8.61. The van der Waals surface area contributed by atoms with Crippen LogP contribution in [0.25, 0.3) is 0 Å². The van der Waals surface area contributed by atoms with Crippen LogP contribution in [-0.2, 0) is 4.74 Å². The fraction of sp³-hybridized carbons (Fsp3) is 0.308. The molecule has 0 saturated heterocycles. The Morgan fingerprint density at radius 1 is 1.44 bits per heavy atom. The number of benzene rings is 1. The van der Waals surface area contributed by atoms with Crippen molar-refractivity contribution < 1.29 is 9.53 Å². The molecule has 0 spiro atoms. The van der Waals surface area contributed by atoms with Gasteiger partial charge < -0.3 is 10.1 Å². The van der Waals surface area contributed by atoms with Crippen LogP contribution in [0.15, 0.2) is 30.2 Å². The van der Waals surface area contributed by atoms with Crippen LogP contribution in [0.5, 0.6) is 0 Å². The minimum absolute atomic E-state index is 0.207. The lowest BCUT2D eigenvalue weighted by Crippen LogP contribution is -2.29. The van der Waals surface area contributed by atoms with Crippen molar-refractivity contribution in [2.45, 2.75) is 13.8 Å². The lowest BCUT2D eigenvalue weighted by Gasteiger charge is -2.16. The van der Waals surface area contributed by atoms with E-state index >= 15 is 0 Å². The number of ether oxygens (including phenoxy) is 1. The van der Waals surface area contributed by atoms with E-state index in [0.29, 0.717) is 5.76 Å². The van der Waals surface area contributed by atoms with E-state index in [1.54, 1.807) is 6.20 Å². The number of carbonyl (C=O) groups is 1. The maximum absolute atomic E-state index is 12.0. The molecule has 0 aromatic heterocycles. The van der Waals surface area contributed by atoms with E-state index in [9.17, 15) is 4.79 Å². The van der Waals surface area contributed by atoms with Gasteiger partial charge in [-0.1, -0.05) is 18.2 Å². The molecule has 0 atom stereocenters. The summed E-state index contributed by atoms with van der Waals surface area (Å²) in [5.41, 5.74) is 2.91. The van der Waals surface area contributed by atoms with Crippen molar-refractivity contribution in [1.82, 2.24) is 4.90 Å². The number of anilines is 1. The summed E-state index contributed by atoms with van der Waals surface area (Å²) in [6, 6.07) is 5.67. The molecule has 1 aliphatic heterocycles. The highest BCUT2D eigenvalue weighted by Crippen LogP contribution is 2.21. The Labute approximate surface area is 111 Å². The minimum Gasteiger partial charge on any atom is -0.474 e. The molecular formula is C13H15ClN2O2. The van der Waals surface area contributed by atoms with Crippen molar-refractivity contribution in [3.63, 3.8) is 0 Å². The maximum atomic E-state index is 12.0. The van der Waals surface area contributed by atoms with Crippen LogP contribution < -0.4 is 5.32 Å². The molecule has 0 radical (unpaired) electrons. The molecule has 2 amide bonds. The summed E-state index contributed by atoms with van der Waals surface area (Å²) in [6.07, 6.45) is 1.62. The number of alkyl halides is 1. The zero-order chi connectivity index (χ0) is 13.1. The molecule has 0 unspecified atom stereocenters. The lowest BCUT2D eigenvalue weighted by atomic mass is 10.1. The van der Waals surface area contributed by atoms with Gasteiger partial charge in [-0.05, 0) is 25.0 Å². The van der Waals surface area contributed by atoms with E-state index in [4.69, 9.17) is 16.3 Å². The van der Waals surface area contributed by atoms with Crippen molar-refractivity contribution in [3.05, 3.63) is 41.3 Å². The first-order valence-corrected chi connectivity index (χ1v) is 6.18. The first-order valence-electron chi connectivity index (χ1n) is 5.65. The van der Waals surface area contributed by atoms with Crippen molar-refractivity contribution in [2.75, 3.05) is 17.9 Å². The van der Waals surface area contributed by atoms with Gasteiger partial charge in [0.2, 0.25) is 0 Å². The second kappa shape index (κ2) is 5.31. The van der Waals surface area contributed by atoms with Crippen LogP contribution in [0, 0.1) is 13.8 Å². The van der Waals surface area contributed by atoms with Crippen LogP contribution in [-0.4, -0.2) is 23.5 Å². The average Bonchev–Trinajstić information content (AvgIpc) is 2.82. The van der Waals surface area contributed by atoms with Crippen LogP contribution in [0.1, 0.15) is 11.1 Å². The van der Waals surface area contributed by atoms with Gasteiger partial charge in [0, 0.05) is 5.69 Å². The van der Waals surface area contributed by atoms with Crippen molar-refractivity contribution in [2.24, 2.45) is 0 Å². The number of aryl methyl sites for hydroxylation is 2. The highest BCUT2D eigenvalue weighted by molar-refractivity contribution is 6.19. The smallest absolute Gasteiger partial charge is 0.328 e. The number of para-hydroxylation sites is 1. The molecule has 1 aliphatic rings. The molecule has 4 nitrogen and oxygen atoms in total. The zero-order valence-corrected chi connectivity index (χ0v) is 11.1. The SMILES string of the molecule is Cc1cccc(C)c1NC(=O)N1C=C(CCl)OC1. The molecule has 0 bridgehead atoms. The van der Waals surface area contributed by atoms with E-state index in [1.165, 1.54) is 4.90 Å². The Kier molecular flexibility index (Phi) is 3.77. The van der Waals surface area contributed by atoms with E-state index in [1.807, 2.05) is 32.0 Å². The lowest BCUT2D eigenvalue weighted by molar-refractivity contribution is 0.162. The number of halogens is 1. The molecule has 5 heteroatoms. The highest BCUT2D eigenvalue weighted by atomic mass is 35.5. The largest absolute Gasteiger partial charge is 0.474 e. The van der Waals surface area contributed by atoms with E-state index in [0.717, 1.165) is 16.8 Å². The van der Waals surface area contributed by atoms with Gasteiger partial charge in [0.05, 0.1) is 12.1 Å². The van der Waals surface area contributed by atoms with Gasteiger partial charge in [0.15, 0.2) is 6.73 Å². The normalized spacial score (nSPS) is 14.2. The molecule has 1 aromatic rings. The van der Waals surface area contributed by atoms with Crippen molar-refractivity contribution in [3.8, 4) is 0 Å². The van der Waals surface area contributed by atoms with Crippen LogP contribution >= 0.6 is 11.6 Å². The number of rotatable bonds is 2. The van der Waals surface area contributed by atoms with Gasteiger partial charge in [-0.25, -0.2) is 4.79 Å². The van der Waals surface area contributed by atoms with Crippen molar-refractivity contribution >= 4 is 23.3 Å². The standard InChI is InChI=1S/C13H15ClN2O2/c1-9-4-3-5-10(2)12(9)15-13(17)16-7-11(6-14)18-8-16/h3-5,7H,6,8H2,1-2H3,(H,15,17). The third-order valence-electron chi connectivity index (χ3n) is 2.79. The molecule has 2 rings (SSSR count). The molecule has 18 heavy (non-hydrogen) atoms. The van der Waals surface area contributed by atoms with E-state index in [-0.39, 0.29) is 18.6 Å². The molecule has 0 saturated carbocycles. The molecule has 1 N–H and O–H groups in total.